The van der Waals surface area contributed by atoms with Gasteiger partial charge in [0.25, 0.3) is 15.8 Å². The smallest absolute Gasteiger partial charge is 0.267 e. The Bertz CT molecular complexity index is 511. The van der Waals surface area contributed by atoms with Crippen LogP contribution in [0.1, 0.15) is 12.5 Å². The topological polar surface area (TPSA) is 86.5 Å². The summed E-state index contributed by atoms with van der Waals surface area (Å²) in [4.78, 5) is 10.2. The first-order chi connectivity index (χ1) is 7.79. The maximum absolute atomic E-state index is 10.9. The van der Waals surface area contributed by atoms with Gasteiger partial charge in [0.15, 0.2) is 0 Å². The van der Waals surface area contributed by atoms with E-state index in [9.17, 15) is 18.5 Å². The number of hydrogen-bond donors (Lipinski definition) is 0. The van der Waals surface area contributed by atoms with Gasteiger partial charge in [0.1, 0.15) is 0 Å². The molecule has 17 heavy (non-hydrogen) atoms. The summed E-state index contributed by atoms with van der Waals surface area (Å²) in [5, 5.41) is 10.7. The highest BCUT2D eigenvalue weighted by Crippen LogP contribution is 2.20. The number of nitro benzene ring substituents is 1. The largest absolute Gasteiger partial charge is 0.272 e. The fourth-order valence-electron chi connectivity index (χ4n) is 1.50. The summed E-state index contributed by atoms with van der Waals surface area (Å²) in [6.45, 7) is 1.55. The van der Waals surface area contributed by atoms with Crippen LogP contribution in [-0.2, 0) is 20.7 Å². The molecule has 94 valence electrons. The van der Waals surface area contributed by atoms with Gasteiger partial charge in [-0.2, -0.15) is 8.42 Å². The standard InChI is InChI=1S/C10H13NO5S/c1-8(16-17(2,14)15)7-9-5-3-4-6-10(9)11(12)13/h3-6,8H,7H2,1-2H3. The Balaban J connectivity index is 2.85. The van der Waals surface area contributed by atoms with Crippen LogP contribution in [0.5, 0.6) is 0 Å². The van der Waals surface area contributed by atoms with Crippen LogP contribution in [0.25, 0.3) is 0 Å². The minimum atomic E-state index is -3.55. The fraction of sp³-hybridized carbons (Fsp3) is 0.400. The summed E-state index contributed by atoms with van der Waals surface area (Å²) in [7, 11) is -3.55. The Labute approximate surface area is 99.5 Å². The molecule has 0 heterocycles. The molecule has 0 saturated carbocycles. The first-order valence-corrected chi connectivity index (χ1v) is 6.72. The van der Waals surface area contributed by atoms with Crippen LogP contribution >= 0.6 is 0 Å². The number of nitro groups is 1. The molecule has 0 fully saturated rings. The molecule has 1 unspecified atom stereocenters. The highest BCUT2D eigenvalue weighted by molar-refractivity contribution is 7.86. The predicted molar refractivity (Wildman–Crippen MR) is 62.2 cm³/mol. The van der Waals surface area contributed by atoms with Gasteiger partial charge in [-0.15, -0.1) is 0 Å². The molecular formula is C10H13NO5S. The second kappa shape index (κ2) is 5.24. The van der Waals surface area contributed by atoms with Crippen molar-refractivity contribution < 1.29 is 17.5 Å². The number of benzene rings is 1. The number of hydrogen-bond acceptors (Lipinski definition) is 5. The van der Waals surface area contributed by atoms with E-state index < -0.39 is 21.1 Å². The maximum atomic E-state index is 10.9. The fourth-order valence-corrected chi connectivity index (χ4v) is 2.17. The number of para-hydroxylation sites is 1. The minimum absolute atomic E-state index is 0.0311. The zero-order valence-corrected chi connectivity index (χ0v) is 10.3. The maximum Gasteiger partial charge on any atom is 0.272 e. The van der Waals surface area contributed by atoms with Gasteiger partial charge in [0, 0.05) is 18.1 Å². The third-order valence-corrected chi connectivity index (χ3v) is 2.71. The molecule has 0 aliphatic carbocycles. The van der Waals surface area contributed by atoms with Gasteiger partial charge in [-0.05, 0) is 6.92 Å². The summed E-state index contributed by atoms with van der Waals surface area (Å²) in [6, 6.07) is 6.18. The zero-order chi connectivity index (χ0) is 13.1. The van der Waals surface area contributed by atoms with Gasteiger partial charge >= 0.3 is 0 Å². The molecule has 0 radical (unpaired) electrons. The van der Waals surface area contributed by atoms with E-state index in [0.717, 1.165) is 6.26 Å². The van der Waals surface area contributed by atoms with Crippen molar-refractivity contribution in [2.45, 2.75) is 19.4 Å². The van der Waals surface area contributed by atoms with Crippen molar-refractivity contribution in [3.05, 3.63) is 39.9 Å². The quantitative estimate of drug-likeness (QED) is 0.454. The van der Waals surface area contributed by atoms with Crippen LogP contribution in [0.2, 0.25) is 0 Å². The van der Waals surface area contributed by atoms with Gasteiger partial charge in [0.2, 0.25) is 0 Å². The molecule has 1 aromatic rings. The Morgan fingerprint density at radius 2 is 2.00 bits per heavy atom. The third-order valence-electron chi connectivity index (χ3n) is 2.03. The summed E-state index contributed by atoms with van der Waals surface area (Å²) < 4.78 is 26.5. The molecule has 1 atom stereocenters. The van der Waals surface area contributed by atoms with E-state index in [0.29, 0.717) is 5.56 Å². The van der Waals surface area contributed by atoms with Gasteiger partial charge in [-0.25, -0.2) is 0 Å². The Hall–Kier alpha value is -1.47. The first kappa shape index (κ1) is 13.6. The molecular weight excluding hydrogens is 246 g/mol. The monoisotopic (exact) mass is 259 g/mol. The SMILES string of the molecule is CC(Cc1ccccc1[N+](=O)[O-])OS(C)(=O)=O. The van der Waals surface area contributed by atoms with Crippen LogP contribution in [0, 0.1) is 10.1 Å². The molecule has 6 nitrogen and oxygen atoms in total. The lowest BCUT2D eigenvalue weighted by molar-refractivity contribution is -0.385. The first-order valence-electron chi connectivity index (χ1n) is 4.90. The second-order valence-electron chi connectivity index (χ2n) is 3.70. The van der Waals surface area contributed by atoms with E-state index in [1.165, 1.54) is 6.07 Å². The molecule has 0 saturated heterocycles. The van der Waals surface area contributed by atoms with Gasteiger partial charge in [-0.3, -0.25) is 14.3 Å². The number of nitrogens with zero attached hydrogens (tertiary/aromatic N) is 1. The van der Waals surface area contributed by atoms with Crippen molar-refractivity contribution in [2.24, 2.45) is 0 Å². The van der Waals surface area contributed by atoms with Crippen molar-refractivity contribution >= 4 is 15.8 Å². The summed E-state index contributed by atoms with van der Waals surface area (Å²) in [5.41, 5.74) is 0.421. The average molecular weight is 259 g/mol. The molecule has 0 N–H and O–H groups in total. The zero-order valence-electron chi connectivity index (χ0n) is 9.49. The van der Waals surface area contributed by atoms with E-state index in [1.54, 1.807) is 25.1 Å². The van der Waals surface area contributed by atoms with Crippen molar-refractivity contribution in [1.29, 1.82) is 0 Å². The van der Waals surface area contributed by atoms with E-state index in [1.807, 2.05) is 0 Å². The lowest BCUT2D eigenvalue weighted by Crippen LogP contribution is -2.17. The lowest BCUT2D eigenvalue weighted by Gasteiger charge is -2.10. The Morgan fingerprint density at radius 3 is 2.53 bits per heavy atom. The second-order valence-corrected chi connectivity index (χ2v) is 5.30. The molecule has 0 aromatic heterocycles. The molecule has 1 aromatic carbocycles. The van der Waals surface area contributed by atoms with E-state index in [-0.39, 0.29) is 12.1 Å². The average Bonchev–Trinajstić information content (AvgIpc) is 2.14. The molecule has 1 rings (SSSR count). The van der Waals surface area contributed by atoms with Crippen LogP contribution in [0.4, 0.5) is 5.69 Å². The Kier molecular flexibility index (Phi) is 4.19. The van der Waals surface area contributed by atoms with Gasteiger partial charge in [-0.1, -0.05) is 18.2 Å². The summed E-state index contributed by atoms with van der Waals surface area (Å²) in [5.74, 6) is 0. The summed E-state index contributed by atoms with van der Waals surface area (Å²) in [6.07, 6.45) is 0.485. The highest BCUT2D eigenvalue weighted by Gasteiger charge is 2.17. The van der Waals surface area contributed by atoms with E-state index in [4.69, 9.17) is 4.18 Å². The normalized spacial score (nSPS) is 13.3. The molecule has 0 aliphatic rings. The minimum Gasteiger partial charge on any atom is -0.267 e. The molecule has 7 heteroatoms. The van der Waals surface area contributed by atoms with Crippen molar-refractivity contribution in [3.63, 3.8) is 0 Å². The van der Waals surface area contributed by atoms with Gasteiger partial charge in [0.05, 0.1) is 17.3 Å². The van der Waals surface area contributed by atoms with Crippen LogP contribution in [0.3, 0.4) is 0 Å². The summed E-state index contributed by atoms with van der Waals surface area (Å²) >= 11 is 0. The van der Waals surface area contributed by atoms with Gasteiger partial charge < -0.3 is 0 Å². The predicted octanol–water partition coefficient (Wildman–Crippen LogP) is 1.50. The van der Waals surface area contributed by atoms with Crippen molar-refractivity contribution in [2.75, 3.05) is 6.26 Å². The lowest BCUT2D eigenvalue weighted by atomic mass is 10.1. The van der Waals surface area contributed by atoms with Crippen LogP contribution < -0.4 is 0 Å². The Morgan fingerprint density at radius 1 is 1.41 bits per heavy atom. The molecule has 0 aliphatic heterocycles. The molecule has 0 bridgehead atoms. The number of rotatable bonds is 5. The van der Waals surface area contributed by atoms with Crippen LogP contribution in [-0.4, -0.2) is 25.7 Å². The van der Waals surface area contributed by atoms with Crippen LogP contribution in [0.15, 0.2) is 24.3 Å². The van der Waals surface area contributed by atoms with E-state index >= 15 is 0 Å². The molecule has 0 spiro atoms. The van der Waals surface area contributed by atoms with E-state index in [2.05, 4.69) is 0 Å². The third kappa shape index (κ3) is 4.49. The molecule has 0 amide bonds. The highest BCUT2D eigenvalue weighted by atomic mass is 32.2. The van der Waals surface area contributed by atoms with Crippen molar-refractivity contribution in [1.82, 2.24) is 0 Å². The van der Waals surface area contributed by atoms with Crippen molar-refractivity contribution in [3.8, 4) is 0 Å².